The van der Waals surface area contributed by atoms with Crippen molar-refractivity contribution in [1.82, 2.24) is 24.5 Å². The maximum Gasteiger partial charge on any atom is 0.191 e. The largest absolute Gasteiger partial charge is 0.303 e. The van der Waals surface area contributed by atoms with Gasteiger partial charge in [0.05, 0.1) is 0 Å². The van der Waals surface area contributed by atoms with Crippen LogP contribution in [0.3, 0.4) is 0 Å². The average Bonchev–Trinajstić information content (AvgIpc) is 2.94. The Labute approximate surface area is 143 Å². The highest BCUT2D eigenvalue weighted by Gasteiger charge is 2.29. The molecule has 5 nitrogen and oxygen atoms in total. The second kappa shape index (κ2) is 6.49. The van der Waals surface area contributed by atoms with Crippen molar-refractivity contribution in [2.75, 3.05) is 5.75 Å². The molecule has 0 aliphatic heterocycles. The molecule has 23 heavy (non-hydrogen) atoms. The van der Waals surface area contributed by atoms with Crippen LogP contribution in [0.1, 0.15) is 35.3 Å². The van der Waals surface area contributed by atoms with Crippen LogP contribution in [0.15, 0.2) is 34.9 Å². The molecule has 1 aliphatic rings. The standard InChI is InChI=1S/C16H19N5S2/c1-20-12(6-8-17-20)7-10-23-16-19-18-15(21(16)13-4-5-13)11-14-3-2-9-22-14/h2-3,6,8-9,13H,4-5,7,10-11H2,1H3. The summed E-state index contributed by atoms with van der Waals surface area (Å²) in [4.78, 5) is 1.35. The zero-order valence-corrected chi connectivity index (χ0v) is 14.7. The van der Waals surface area contributed by atoms with Crippen LogP contribution in [0.25, 0.3) is 0 Å². The minimum Gasteiger partial charge on any atom is -0.303 e. The monoisotopic (exact) mass is 345 g/mol. The molecule has 0 bridgehead atoms. The van der Waals surface area contributed by atoms with Gasteiger partial charge in [0.1, 0.15) is 5.82 Å². The highest BCUT2D eigenvalue weighted by atomic mass is 32.2. The number of aromatic nitrogens is 5. The zero-order chi connectivity index (χ0) is 15.6. The summed E-state index contributed by atoms with van der Waals surface area (Å²) in [5.74, 6) is 2.11. The van der Waals surface area contributed by atoms with Crippen LogP contribution in [0, 0.1) is 0 Å². The molecular weight excluding hydrogens is 326 g/mol. The Kier molecular flexibility index (Phi) is 4.22. The zero-order valence-electron chi connectivity index (χ0n) is 13.1. The lowest BCUT2D eigenvalue weighted by molar-refractivity contribution is 0.634. The summed E-state index contributed by atoms with van der Waals surface area (Å²) < 4.78 is 4.31. The van der Waals surface area contributed by atoms with Crippen molar-refractivity contribution in [2.45, 2.75) is 36.9 Å². The van der Waals surface area contributed by atoms with Crippen LogP contribution in [0.4, 0.5) is 0 Å². The Hall–Kier alpha value is -1.60. The lowest BCUT2D eigenvalue weighted by atomic mass is 10.3. The van der Waals surface area contributed by atoms with E-state index < -0.39 is 0 Å². The molecule has 1 fully saturated rings. The van der Waals surface area contributed by atoms with Gasteiger partial charge in [-0.1, -0.05) is 17.8 Å². The maximum atomic E-state index is 4.47. The molecule has 0 spiro atoms. The molecule has 1 aliphatic carbocycles. The summed E-state index contributed by atoms with van der Waals surface area (Å²) in [5.41, 5.74) is 1.26. The van der Waals surface area contributed by atoms with E-state index in [1.165, 1.54) is 23.4 Å². The van der Waals surface area contributed by atoms with Crippen LogP contribution < -0.4 is 0 Å². The molecule has 3 aromatic rings. The quantitative estimate of drug-likeness (QED) is 0.616. The lowest BCUT2D eigenvalue weighted by Gasteiger charge is -2.08. The molecule has 0 N–H and O–H groups in total. The predicted octanol–water partition coefficient (Wildman–Crippen LogP) is 3.33. The molecule has 0 atom stereocenters. The van der Waals surface area contributed by atoms with E-state index in [1.54, 1.807) is 11.3 Å². The van der Waals surface area contributed by atoms with Crippen molar-refractivity contribution in [3.05, 3.63) is 46.2 Å². The number of rotatable bonds is 7. The van der Waals surface area contributed by atoms with E-state index in [1.807, 2.05) is 29.7 Å². The van der Waals surface area contributed by atoms with Gasteiger partial charge in [-0.2, -0.15) is 5.10 Å². The van der Waals surface area contributed by atoms with E-state index in [0.717, 1.165) is 29.6 Å². The van der Waals surface area contributed by atoms with Gasteiger partial charge in [0, 0.05) is 42.0 Å². The summed E-state index contributed by atoms with van der Waals surface area (Å²) >= 11 is 3.60. The molecule has 7 heteroatoms. The summed E-state index contributed by atoms with van der Waals surface area (Å²) in [5, 5.41) is 16.3. The van der Waals surface area contributed by atoms with E-state index in [4.69, 9.17) is 0 Å². The Bertz CT molecular complexity index is 770. The van der Waals surface area contributed by atoms with Crippen LogP contribution >= 0.6 is 23.1 Å². The van der Waals surface area contributed by atoms with Crippen molar-refractivity contribution < 1.29 is 0 Å². The topological polar surface area (TPSA) is 48.5 Å². The minimum absolute atomic E-state index is 0.610. The predicted molar refractivity (Wildman–Crippen MR) is 93.1 cm³/mol. The van der Waals surface area contributed by atoms with Crippen LogP contribution in [-0.2, 0) is 19.9 Å². The smallest absolute Gasteiger partial charge is 0.191 e. The summed E-state index contributed by atoms with van der Waals surface area (Å²) in [6.07, 6.45) is 6.25. The SMILES string of the molecule is Cn1nccc1CCSc1nnc(Cc2cccs2)n1C1CC1. The number of thioether (sulfide) groups is 1. The fourth-order valence-electron chi connectivity index (χ4n) is 2.69. The molecule has 4 rings (SSSR count). The van der Waals surface area contributed by atoms with Gasteiger partial charge in [-0.05, 0) is 36.8 Å². The van der Waals surface area contributed by atoms with Gasteiger partial charge >= 0.3 is 0 Å². The van der Waals surface area contributed by atoms with Gasteiger partial charge in [-0.25, -0.2) is 0 Å². The van der Waals surface area contributed by atoms with Gasteiger partial charge in [0.2, 0.25) is 0 Å². The normalized spacial score (nSPS) is 14.5. The fourth-order valence-corrected chi connectivity index (χ4v) is 4.38. The molecule has 3 heterocycles. The molecule has 0 unspecified atom stereocenters. The number of hydrogen-bond acceptors (Lipinski definition) is 5. The first-order valence-electron chi connectivity index (χ1n) is 7.87. The summed E-state index contributed by atoms with van der Waals surface area (Å²) in [6.45, 7) is 0. The molecule has 120 valence electrons. The van der Waals surface area contributed by atoms with E-state index in [2.05, 4.69) is 43.4 Å². The number of hydrogen-bond donors (Lipinski definition) is 0. The second-order valence-corrected chi connectivity index (χ2v) is 7.90. The first-order valence-corrected chi connectivity index (χ1v) is 9.73. The molecule has 3 aromatic heterocycles. The van der Waals surface area contributed by atoms with E-state index in [-0.39, 0.29) is 0 Å². The molecule has 0 amide bonds. The van der Waals surface area contributed by atoms with E-state index in [9.17, 15) is 0 Å². The second-order valence-electron chi connectivity index (χ2n) is 5.80. The van der Waals surface area contributed by atoms with Crippen molar-refractivity contribution in [2.24, 2.45) is 7.05 Å². The third kappa shape index (κ3) is 3.35. The number of thiophene rings is 1. The van der Waals surface area contributed by atoms with Gasteiger partial charge < -0.3 is 4.57 Å². The van der Waals surface area contributed by atoms with Crippen molar-refractivity contribution in [3.63, 3.8) is 0 Å². The van der Waals surface area contributed by atoms with Crippen molar-refractivity contribution >= 4 is 23.1 Å². The van der Waals surface area contributed by atoms with Crippen molar-refractivity contribution in [3.8, 4) is 0 Å². The van der Waals surface area contributed by atoms with Crippen molar-refractivity contribution in [1.29, 1.82) is 0 Å². The number of aryl methyl sites for hydroxylation is 2. The third-order valence-electron chi connectivity index (χ3n) is 4.07. The first kappa shape index (κ1) is 15.0. The maximum absolute atomic E-state index is 4.47. The van der Waals surface area contributed by atoms with Gasteiger partial charge in [-0.3, -0.25) is 4.68 Å². The van der Waals surface area contributed by atoms with Gasteiger partial charge in [0.15, 0.2) is 5.16 Å². The Balaban J connectivity index is 1.45. The summed E-state index contributed by atoms with van der Waals surface area (Å²) in [6, 6.07) is 6.96. The lowest BCUT2D eigenvalue weighted by Crippen LogP contribution is -2.04. The van der Waals surface area contributed by atoms with Gasteiger partial charge in [0.25, 0.3) is 0 Å². The molecule has 0 saturated heterocycles. The van der Waals surface area contributed by atoms with E-state index >= 15 is 0 Å². The Morgan fingerprint density at radius 2 is 2.22 bits per heavy atom. The van der Waals surface area contributed by atoms with Crippen LogP contribution in [0.5, 0.6) is 0 Å². The highest BCUT2D eigenvalue weighted by Crippen LogP contribution is 2.39. The first-order chi connectivity index (χ1) is 11.3. The van der Waals surface area contributed by atoms with Crippen LogP contribution in [-0.4, -0.2) is 30.3 Å². The number of nitrogens with zero attached hydrogens (tertiary/aromatic N) is 5. The Morgan fingerprint density at radius 3 is 2.91 bits per heavy atom. The average molecular weight is 345 g/mol. The van der Waals surface area contributed by atoms with E-state index in [0.29, 0.717) is 6.04 Å². The minimum atomic E-state index is 0.610. The molecular formula is C16H19N5S2. The molecule has 0 aromatic carbocycles. The highest BCUT2D eigenvalue weighted by molar-refractivity contribution is 7.99. The molecule has 0 radical (unpaired) electrons. The van der Waals surface area contributed by atoms with Crippen LogP contribution in [0.2, 0.25) is 0 Å². The summed E-state index contributed by atoms with van der Waals surface area (Å²) in [7, 11) is 1.99. The third-order valence-corrected chi connectivity index (χ3v) is 5.89. The molecule has 1 saturated carbocycles. The Morgan fingerprint density at radius 1 is 1.30 bits per heavy atom. The van der Waals surface area contributed by atoms with Gasteiger partial charge in [-0.15, -0.1) is 21.5 Å². The fraction of sp³-hybridized carbons (Fsp3) is 0.438.